The van der Waals surface area contributed by atoms with E-state index in [1.165, 1.54) is 0 Å². The van der Waals surface area contributed by atoms with Crippen LogP contribution < -0.4 is 15.0 Å². The van der Waals surface area contributed by atoms with E-state index in [9.17, 15) is 9.59 Å². The third kappa shape index (κ3) is 3.11. The van der Waals surface area contributed by atoms with Gasteiger partial charge in [-0.25, -0.2) is 0 Å². The van der Waals surface area contributed by atoms with Crippen molar-refractivity contribution in [2.75, 3.05) is 23.4 Å². The summed E-state index contributed by atoms with van der Waals surface area (Å²) in [5, 5.41) is 2.91. The van der Waals surface area contributed by atoms with Gasteiger partial charge in [0, 0.05) is 24.8 Å². The largest absolute Gasteiger partial charge is 0.493 e. The van der Waals surface area contributed by atoms with Gasteiger partial charge in [0.05, 0.1) is 12.2 Å². The molecule has 1 N–H and O–H groups in total. The summed E-state index contributed by atoms with van der Waals surface area (Å²) in [6.45, 7) is 4.64. The van der Waals surface area contributed by atoms with Crippen LogP contribution in [0, 0.1) is 0 Å². The number of para-hydroxylation sites is 1. The summed E-state index contributed by atoms with van der Waals surface area (Å²) in [7, 11) is 0. The summed E-state index contributed by atoms with van der Waals surface area (Å²) in [6, 6.07) is 12.8. The molecule has 0 saturated carbocycles. The zero-order valence-electron chi connectivity index (χ0n) is 13.8. The van der Waals surface area contributed by atoms with Crippen LogP contribution in [0.3, 0.4) is 0 Å². The number of hydrogen-bond donors (Lipinski definition) is 1. The molecule has 24 heavy (non-hydrogen) atoms. The van der Waals surface area contributed by atoms with E-state index < -0.39 is 0 Å². The normalized spacial score (nSPS) is 12.7. The molecule has 0 saturated heterocycles. The molecule has 2 aromatic rings. The van der Waals surface area contributed by atoms with Gasteiger partial charge in [0.1, 0.15) is 5.75 Å². The first-order valence-corrected chi connectivity index (χ1v) is 8.04. The van der Waals surface area contributed by atoms with Gasteiger partial charge in [-0.15, -0.1) is 0 Å². The molecule has 2 aromatic carbocycles. The number of benzene rings is 2. The molecule has 124 valence electrons. The second-order valence-corrected chi connectivity index (χ2v) is 5.65. The number of nitrogens with zero attached hydrogens (tertiary/aromatic N) is 1. The summed E-state index contributed by atoms with van der Waals surface area (Å²) in [5.74, 6) is 0.401. The Morgan fingerprint density at radius 1 is 1.21 bits per heavy atom. The predicted molar refractivity (Wildman–Crippen MR) is 93.7 cm³/mol. The number of nitrogens with one attached hydrogen (secondary N) is 1. The minimum absolute atomic E-state index is 0.0381. The number of ether oxygens (including phenoxy) is 1. The van der Waals surface area contributed by atoms with Gasteiger partial charge < -0.3 is 15.0 Å². The lowest BCUT2D eigenvalue weighted by molar-refractivity contribution is -0.116. The second kappa shape index (κ2) is 6.74. The fraction of sp³-hybridized carbons (Fsp3) is 0.263. The molecule has 0 bridgehead atoms. The Hall–Kier alpha value is -2.82. The fourth-order valence-electron chi connectivity index (χ4n) is 2.94. The Bertz CT molecular complexity index is 786. The maximum atomic E-state index is 12.5. The highest BCUT2D eigenvalue weighted by molar-refractivity contribution is 6.06. The predicted octanol–water partition coefficient (Wildman–Crippen LogP) is 3.25. The van der Waals surface area contributed by atoms with Crippen molar-refractivity contribution in [2.24, 2.45) is 0 Å². The zero-order chi connectivity index (χ0) is 17.1. The van der Waals surface area contributed by atoms with Gasteiger partial charge in [-0.2, -0.15) is 0 Å². The van der Waals surface area contributed by atoms with Crippen LogP contribution in [0.4, 0.5) is 11.4 Å². The second-order valence-electron chi connectivity index (χ2n) is 5.65. The molecule has 0 unspecified atom stereocenters. The van der Waals surface area contributed by atoms with E-state index in [2.05, 4.69) is 5.32 Å². The Kier molecular flexibility index (Phi) is 4.51. The van der Waals surface area contributed by atoms with E-state index in [1.54, 1.807) is 24.0 Å². The highest BCUT2D eigenvalue weighted by atomic mass is 16.5. The molecular formula is C19H20N2O3. The third-order valence-corrected chi connectivity index (χ3v) is 4.04. The molecule has 0 aromatic heterocycles. The van der Waals surface area contributed by atoms with Crippen molar-refractivity contribution in [3.8, 4) is 5.75 Å². The molecule has 2 amide bonds. The van der Waals surface area contributed by atoms with Gasteiger partial charge in [0.2, 0.25) is 5.91 Å². The molecule has 0 spiro atoms. The summed E-state index contributed by atoms with van der Waals surface area (Å²) in [6.07, 6.45) is 0.800. The summed E-state index contributed by atoms with van der Waals surface area (Å²) >= 11 is 0. The molecule has 1 aliphatic heterocycles. The monoisotopic (exact) mass is 324 g/mol. The van der Waals surface area contributed by atoms with Crippen LogP contribution in [0.1, 0.15) is 29.8 Å². The van der Waals surface area contributed by atoms with Crippen molar-refractivity contribution in [3.05, 3.63) is 53.6 Å². The molecule has 5 nitrogen and oxygen atoms in total. The van der Waals surface area contributed by atoms with Crippen molar-refractivity contribution in [3.63, 3.8) is 0 Å². The SMILES string of the molecule is CCOc1ccccc1C(=O)Nc1ccc2c(c1)CCN2C(C)=O. The summed E-state index contributed by atoms with van der Waals surface area (Å²) < 4.78 is 5.51. The summed E-state index contributed by atoms with van der Waals surface area (Å²) in [5.41, 5.74) is 3.22. The maximum Gasteiger partial charge on any atom is 0.259 e. The third-order valence-electron chi connectivity index (χ3n) is 4.04. The van der Waals surface area contributed by atoms with Gasteiger partial charge >= 0.3 is 0 Å². The Morgan fingerprint density at radius 3 is 2.75 bits per heavy atom. The minimum Gasteiger partial charge on any atom is -0.493 e. The van der Waals surface area contributed by atoms with Gasteiger partial charge in [-0.3, -0.25) is 9.59 Å². The van der Waals surface area contributed by atoms with Crippen LogP contribution in [0.2, 0.25) is 0 Å². The van der Waals surface area contributed by atoms with Crippen molar-refractivity contribution in [2.45, 2.75) is 20.3 Å². The van der Waals surface area contributed by atoms with Crippen molar-refractivity contribution >= 4 is 23.2 Å². The number of amides is 2. The smallest absolute Gasteiger partial charge is 0.259 e. The first-order chi connectivity index (χ1) is 11.6. The average Bonchev–Trinajstić information content (AvgIpc) is 2.99. The van der Waals surface area contributed by atoms with Gasteiger partial charge in [-0.05, 0) is 49.2 Å². The average molecular weight is 324 g/mol. The van der Waals surface area contributed by atoms with Crippen LogP contribution in [-0.2, 0) is 11.2 Å². The molecule has 1 heterocycles. The van der Waals surface area contributed by atoms with Crippen LogP contribution in [0.5, 0.6) is 5.75 Å². The lowest BCUT2D eigenvalue weighted by Crippen LogP contribution is -2.25. The van der Waals surface area contributed by atoms with Crippen LogP contribution in [0.15, 0.2) is 42.5 Å². The van der Waals surface area contributed by atoms with Crippen molar-refractivity contribution < 1.29 is 14.3 Å². The van der Waals surface area contributed by atoms with E-state index in [0.29, 0.717) is 24.5 Å². The standard InChI is InChI=1S/C19H20N2O3/c1-3-24-18-7-5-4-6-16(18)19(23)20-15-8-9-17-14(12-15)10-11-21(17)13(2)22/h4-9,12H,3,10-11H2,1-2H3,(H,20,23). The van der Waals surface area contributed by atoms with Crippen LogP contribution in [-0.4, -0.2) is 25.0 Å². The summed E-state index contributed by atoms with van der Waals surface area (Å²) in [4.78, 5) is 25.9. The van der Waals surface area contributed by atoms with Gasteiger partial charge in [-0.1, -0.05) is 12.1 Å². The Labute approximate surface area is 141 Å². The molecule has 3 rings (SSSR count). The molecule has 0 atom stereocenters. The zero-order valence-corrected chi connectivity index (χ0v) is 13.8. The number of fused-ring (bicyclic) bond motifs is 1. The topological polar surface area (TPSA) is 58.6 Å². The van der Waals surface area contributed by atoms with E-state index in [4.69, 9.17) is 4.74 Å². The number of carbonyl (C=O) groups excluding carboxylic acids is 2. The van der Waals surface area contributed by atoms with E-state index >= 15 is 0 Å². The number of anilines is 2. The van der Waals surface area contributed by atoms with Crippen molar-refractivity contribution in [1.82, 2.24) is 0 Å². The first kappa shape index (κ1) is 16.1. The molecule has 0 aliphatic carbocycles. The fourth-order valence-corrected chi connectivity index (χ4v) is 2.94. The van der Waals surface area contributed by atoms with E-state index in [1.807, 2.05) is 37.3 Å². The molecular weight excluding hydrogens is 304 g/mol. The van der Waals surface area contributed by atoms with Gasteiger partial charge in [0.25, 0.3) is 5.91 Å². The first-order valence-electron chi connectivity index (χ1n) is 8.04. The highest BCUT2D eigenvalue weighted by Gasteiger charge is 2.22. The molecule has 1 aliphatic rings. The maximum absolute atomic E-state index is 12.5. The number of carbonyl (C=O) groups is 2. The number of hydrogen-bond acceptors (Lipinski definition) is 3. The minimum atomic E-state index is -0.208. The lowest BCUT2D eigenvalue weighted by atomic mass is 10.1. The van der Waals surface area contributed by atoms with Crippen LogP contribution >= 0.6 is 0 Å². The quantitative estimate of drug-likeness (QED) is 0.939. The lowest BCUT2D eigenvalue weighted by Gasteiger charge is -2.15. The van der Waals surface area contributed by atoms with E-state index in [0.717, 1.165) is 23.4 Å². The number of rotatable bonds is 4. The van der Waals surface area contributed by atoms with Crippen LogP contribution in [0.25, 0.3) is 0 Å². The van der Waals surface area contributed by atoms with Gasteiger partial charge in [0.15, 0.2) is 0 Å². The Balaban J connectivity index is 1.80. The van der Waals surface area contributed by atoms with Crippen molar-refractivity contribution in [1.29, 1.82) is 0 Å². The molecule has 5 heteroatoms. The Morgan fingerprint density at radius 2 is 2.00 bits per heavy atom. The molecule has 0 radical (unpaired) electrons. The molecule has 0 fully saturated rings. The highest BCUT2D eigenvalue weighted by Crippen LogP contribution is 2.31. The van der Waals surface area contributed by atoms with E-state index in [-0.39, 0.29) is 11.8 Å².